The lowest BCUT2D eigenvalue weighted by Gasteiger charge is -2.22. The van der Waals surface area contributed by atoms with Gasteiger partial charge in [0.15, 0.2) is 0 Å². The third-order valence-electron chi connectivity index (χ3n) is 3.33. The van der Waals surface area contributed by atoms with E-state index < -0.39 is 0 Å². The number of thioether (sulfide) groups is 2. The van der Waals surface area contributed by atoms with Crippen molar-refractivity contribution in [3.63, 3.8) is 0 Å². The van der Waals surface area contributed by atoms with Crippen LogP contribution in [0.2, 0.25) is 0 Å². The molecule has 1 amide bonds. The van der Waals surface area contributed by atoms with Crippen molar-refractivity contribution in [3.05, 3.63) is 24.3 Å². The average molecular weight is 310 g/mol. The van der Waals surface area contributed by atoms with Crippen LogP contribution < -0.4 is 5.32 Å². The molecule has 2 nitrogen and oxygen atoms in total. The fraction of sp³-hybridized carbons (Fsp3) is 0.562. The standard InChI is InChI=1S/C16H23NOS2/c1-12(2)19-14-8-10-15(11-9-14)20-16(18)17-13-6-4-3-5-7-13/h8-13H,3-7H2,1-2H3,(H,17,18). The van der Waals surface area contributed by atoms with E-state index in [4.69, 9.17) is 0 Å². The molecule has 1 saturated carbocycles. The Bertz CT molecular complexity index is 425. The van der Waals surface area contributed by atoms with Crippen LogP contribution in [-0.4, -0.2) is 16.5 Å². The van der Waals surface area contributed by atoms with Crippen LogP contribution in [0.15, 0.2) is 34.1 Å². The van der Waals surface area contributed by atoms with Crippen LogP contribution in [0.25, 0.3) is 0 Å². The molecule has 4 heteroatoms. The molecular formula is C16H23NOS2. The highest BCUT2D eigenvalue weighted by molar-refractivity contribution is 8.13. The second-order valence-corrected chi connectivity index (χ2v) is 8.20. The van der Waals surface area contributed by atoms with Gasteiger partial charge in [0.25, 0.3) is 5.24 Å². The molecule has 0 radical (unpaired) electrons. The Hall–Kier alpha value is -0.610. The van der Waals surface area contributed by atoms with Crippen LogP contribution in [0.5, 0.6) is 0 Å². The van der Waals surface area contributed by atoms with Gasteiger partial charge >= 0.3 is 0 Å². The highest BCUT2D eigenvalue weighted by atomic mass is 32.2. The van der Waals surface area contributed by atoms with Crippen molar-refractivity contribution in [3.8, 4) is 0 Å². The summed E-state index contributed by atoms with van der Waals surface area (Å²) < 4.78 is 0. The first-order valence-electron chi connectivity index (χ1n) is 7.38. The summed E-state index contributed by atoms with van der Waals surface area (Å²) >= 11 is 3.15. The minimum absolute atomic E-state index is 0.0844. The number of nitrogens with one attached hydrogen (secondary N) is 1. The van der Waals surface area contributed by atoms with Gasteiger partial charge in [-0.25, -0.2) is 0 Å². The van der Waals surface area contributed by atoms with Gasteiger partial charge in [0, 0.05) is 21.1 Å². The van der Waals surface area contributed by atoms with Crippen molar-refractivity contribution in [2.75, 3.05) is 0 Å². The lowest BCUT2D eigenvalue weighted by atomic mass is 9.96. The van der Waals surface area contributed by atoms with E-state index in [1.807, 2.05) is 23.9 Å². The Morgan fingerprint density at radius 3 is 2.30 bits per heavy atom. The second-order valence-electron chi connectivity index (χ2n) is 5.51. The SMILES string of the molecule is CC(C)Sc1ccc(SC(=O)NC2CCCCC2)cc1. The van der Waals surface area contributed by atoms with Crippen molar-refractivity contribution >= 4 is 28.8 Å². The van der Waals surface area contributed by atoms with Crippen LogP contribution in [0.3, 0.4) is 0 Å². The van der Waals surface area contributed by atoms with E-state index in [2.05, 4.69) is 31.3 Å². The molecule has 0 saturated heterocycles. The Balaban J connectivity index is 1.81. The molecule has 0 atom stereocenters. The van der Waals surface area contributed by atoms with Gasteiger partial charge in [0.05, 0.1) is 0 Å². The predicted molar refractivity (Wildman–Crippen MR) is 88.7 cm³/mol. The lowest BCUT2D eigenvalue weighted by molar-refractivity contribution is 0.253. The smallest absolute Gasteiger partial charge is 0.284 e. The normalized spacial score (nSPS) is 16.4. The number of hydrogen-bond acceptors (Lipinski definition) is 3. The monoisotopic (exact) mass is 309 g/mol. The Morgan fingerprint density at radius 2 is 1.70 bits per heavy atom. The first kappa shape index (κ1) is 15.8. The Morgan fingerprint density at radius 1 is 1.10 bits per heavy atom. The number of hydrogen-bond donors (Lipinski definition) is 1. The van der Waals surface area contributed by atoms with Crippen molar-refractivity contribution in [1.82, 2.24) is 5.32 Å². The molecule has 0 unspecified atom stereocenters. The van der Waals surface area contributed by atoms with E-state index in [9.17, 15) is 4.79 Å². The van der Waals surface area contributed by atoms with Crippen LogP contribution >= 0.6 is 23.5 Å². The number of carbonyl (C=O) groups is 1. The van der Waals surface area contributed by atoms with Crippen molar-refractivity contribution < 1.29 is 4.79 Å². The van der Waals surface area contributed by atoms with Gasteiger partial charge in [0.1, 0.15) is 0 Å². The summed E-state index contributed by atoms with van der Waals surface area (Å²) in [5.41, 5.74) is 0. The van der Waals surface area contributed by atoms with Crippen LogP contribution in [0, 0.1) is 0 Å². The molecule has 1 aliphatic rings. The molecule has 1 aromatic rings. The summed E-state index contributed by atoms with van der Waals surface area (Å²) in [6.07, 6.45) is 6.08. The molecule has 20 heavy (non-hydrogen) atoms. The molecule has 0 heterocycles. The van der Waals surface area contributed by atoms with Gasteiger partial charge < -0.3 is 5.32 Å². The van der Waals surface area contributed by atoms with E-state index in [-0.39, 0.29) is 5.24 Å². The van der Waals surface area contributed by atoms with Gasteiger partial charge in [0.2, 0.25) is 0 Å². The molecule has 2 rings (SSSR count). The summed E-state index contributed by atoms with van der Waals surface area (Å²) in [4.78, 5) is 14.3. The number of rotatable bonds is 4. The highest BCUT2D eigenvalue weighted by Gasteiger charge is 2.16. The lowest BCUT2D eigenvalue weighted by Crippen LogP contribution is -2.33. The molecular weight excluding hydrogens is 286 g/mol. The minimum atomic E-state index is 0.0844. The van der Waals surface area contributed by atoms with Crippen LogP contribution in [0.4, 0.5) is 4.79 Å². The van der Waals surface area contributed by atoms with E-state index in [1.165, 1.54) is 35.9 Å². The summed E-state index contributed by atoms with van der Waals surface area (Å²) in [7, 11) is 0. The maximum Gasteiger partial charge on any atom is 0.284 e. The number of amides is 1. The zero-order chi connectivity index (χ0) is 14.4. The molecule has 0 aliphatic heterocycles. The first-order valence-corrected chi connectivity index (χ1v) is 9.08. The van der Waals surface area contributed by atoms with E-state index in [0.717, 1.165) is 17.7 Å². The Kier molecular flexibility index (Phi) is 6.30. The third kappa shape index (κ3) is 5.41. The van der Waals surface area contributed by atoms with E-state index in [0.29, 0.717) is 11.3 Å². The first-order chi connectivity index (χ1) is 9.63. The van der Waals surface area contributed by atoms with Crippen molar-refractivity contribution in [1.29, 1.82) is 0 Å². The van der Waals surface area contributed by atoms with Gasteiger partial charge in [-0.1, -0.05) is 33.1 Å². The molecule has 0 aromatic heterocycles. The summed E-state index contributed by atoms with van der Waals surface area (Å²) in [6, 6.07) is 8.66. The molecule has 1 aromatic carbocycles. The topological polar surface area (TPSA) is 29.1 Å². The minimum Gasteiger partial charge on any atom is -0.344 e. The van der Waals surface area contributed by atoms with Gasteiger partial charge in [-0.15, -0.1) is 11.8 Å². The zero-order valence-electron chi connectivity index (χ0n) is 12.2. The van der Waals surface area contributed by atoms with Gasteiger partial charge in [-0.2, -0.15) is 0 Å². The van der Waals surface area contributed by atoms with Crippen molar-refractivity contribution in [2.45, 2.75) is 67.0 Å². The number of carbonyl (C=O) groups excluding carboxylic acids is 1. The van der Waals surface area contributed by atoms with E-state index in [1.54, 1.807) is 0 Å². The average Bonchev–Trinajstić information content (AvgIpc) is 2.41. The fourth-order valence-electron chi connectivity index (χ4n) is 2.41. The summed E-state index contributed by atoms with van der Waals surface area (Å²) in [5.74, 6) is 0. The molecule has 1 fully saturated rings. The van der Waals surface area contributed by atoms with E-state index >= 15 is 0 Å². The molecule has 110 valence electrons. The summed E-state index contributed by atoms with van der Waals surface area (Å²) in [6.45, 7) is 4.37. The van der Waals surface area contributed by atoms with Crippen LogP contribution in [-0.2, 0) is 0 Å². The second kappa shape index (κ2) is 7.99. The molecule has 1 N–H and O–H groups in total. The molecule has 0 bridgehead atoms. The quantitative estimate of drug-likeness (QED) is 0.763. The van der Waals surface area contributed by atoms with Gasteiger partial charge in [-0.05, 0) is 48.9 Å². The molecule has 1 aliphatic carbocycles. The summed E-state index contributed by atoms with van der Waals surface area (Å²) in [5, 5.41) is 3.80. The predicted octanol–water partition coefficient (Wildman–Crippen LogP) is 5.32. The Labute approximate surface area is 130 Å². The third-order valence-corrected chi connectivity index (χ3v) is 5.16. The maximum absolute atomic E-state index is 12.0. The van der Waals surface area contributed by atoms with Gasteiger partial charge in [-0.3, -0.25) is 4.79 Å². The van der Waals surface area contributed by atoms with Crippen LogP contribution in [0.1, 0.15) is 46.0 Å². The molecule has 0 spiro atoms. The highest BCUT2D eigenvalue weighted by Crippen LogP contribution is 2.27. The largest absolute Gasteiger partial charge is 0.344 e. The fourth-order valence-corrected chi connectivity index (χ4v) is 3.96. The maximum atomic E-state index is 12.0. The van der Waals surface area contributed by atoms with Crippen molar-refractivity contribution in [2.24, 2.45) is 0 Å². The number of benzene rings is 1. The zero-order valence-corrected chi connectivity index (χ0v) is 13.9.